The molecular weight excluding hydrogens is 196 g/mol. The molecule has 0 aromatic heterocycles. The predicted octanol–water partition coefficient (Wildman–Crippen LogP) is 3.63. The monoisotopic (exact) mass is 222 g/mol. The van der Waals surface area contributed by atoms with E-state index in [1.165, 1.54) is 12.8 Å². The molecule has 1 N–H and O–H groups in total. The van der Waals surface area contributed by atoms with Crippen molar-refractivity contribution in [3.8, 4) is 0 Å². The van der Waals surface area contributed by atoms with Gasteiger partial charge in [-0.3, -0.25) is 0 Å². The van der Waals surface area contributed by atoms with Gasteiger partial charge in [0.05, 0.1) is 5.60 Å². The minimum atomic E-state index is -0.477. The second-order valence-corrected chi connectivity index (χ2v) is 6.57. The molecule has 16 heavy (non-hydrogen) atoms. The van der Waals surface area contributed by atoms with E-state index in [0.29, 0.717) is 17.8 Å². The van der Waals surface area contributed by atoms with Crippen LogP contribution in [0.15, 0.2) is 12.2 Å². The van der Waals surface area contributed by atoms with Crippen LogP contribution in [-0.2, 0) is 0 Å². The van der Waals surface area contributed by atoms with E-state index in [-0.39, 0.29) is 0 Å². The van der Waals surface area contributed by atoms with Crippen LogP contribution in [0, 0.1) is 29.6 Å². The highest BCUT2D eigenvalue weighted by molar-refractivity contribution is 5.12. The van der Waals surface area contributed by atoms with Crippen LogP contribution in [0.5, 0.6) is 0 Å². The van der Waals surface area contributed by atoms with E-state index in [4.69, 9.17) is 0 Å². The fourth-order valence-electron chi connectivity index (χ4n) is 3.65. The first kappa shape index (κ1) is 12.2. The zero-order valence-electron chi connectivity index (χ0n) is 11.1. The molecule has 0 bridgehead atoms. The van der Waals surface area contributed by atoms with Gasteiger partial charge in [0.2, 0.25) is 0 Å². The molecule has 0 radical (unpaired) electrons. The van der Waals surface area contributed by atoms with Gasteiger partial charge in [0.25, 0.3) is 0 Å². The van der Waals surface area contributed by atoms with E-state index in [1.807, 2.05) is 6.92 Å². The van der Waals surface area contributed by atoms with Crippen molar-refractivity contribution < 1.29 is 5.11 Å². The van der Waals surface area contributed by atoms with Gasteiger partial charge in [-0.1, -0.05) is 32.9 Å². The quantitative estimate of drug-likeness (QED) is 0.672. The summed E-state index contributed by atoms with van der Waals surface area (Å²) in [5.41, 5.74) is -0.477. The molecule has 2 aliphatic rings. The highest BCUT2D eigenvalue weighted by atomic mass is 16.3. The number of rotatable bonds is 1. The fourth-order valence-corrected chi connectivity index (χ4v) is 3.65. The van der Waals surface area contributed by atoms with Crippen molar-refractivity contribution in [3.63, 3.8) is 0 Å². The molecule has 1 heteroatoms. The topological polar surface area (TPSA) is 20.2 Å². The summed E-state index contributed by atoms with van der Waals surface area (Å²) < 4.78 is 0. The summed E-state index contributed by atoms with van der Waals surface area (Å²) in [6, 6.07) is 0. The molecular formula is C15H26O. The Kier molecular flexibility index (Phi) is 3.18. The van der Waals surface area contributed by atoms with Crippen molar-refractivity contribution in [1.82, 2.24) is 0 Å². The Labute approximate surface area is 99.9 Å². The lowest BCUT2D eigenvalue weighted by atomic mass is 9.76. The zero-order valence-corrected chi connectivity index (χ0v) is 11.1. The summed E-state index contributed by atoms with van der Waals surface area (Å²) in [6.45, 7) is 9.00. The van der Waals surface area contributed by atoms with Gasteiger partial charge in [0, 0.05) is 5.92 Å². The number of hydrogen-bond donors (Lipinski definition) is 1. The van der Waals surface area contributed by atoms with Crippen LogP contribution in [0.1, 0.15) is 47.0 Å². The number of aliphatic hydroxyl groups is 1. The van der Waals surface area contributed by atoms with Gasteiger partial charge in [0.15, 0.2) is 0 Å². The van der Waals surface area contributed by atoms with E-state index < -0.39 is 5.60 Å². The van der Waals surface area contributed by atoms with Gasteiger partial charge in [-0.2, -0.15) is 0 Å². The Bertz CT molecular complexity index is 277. The van der Waals surface area contributed by atoms with Gasteiger partial charge < -0.3 is 5.11 Å². The summed E-state index contributed by atoms with van der Waals surface area (Å²) in [5.74, 6) is 3.26. The third-order valence-electron chi connectivity index (χ3n) is 5.02. The average Bonchev–Trinajstić information content (AvgIpc) is 2.47. The van der Waals surface area contributed by atoms with Crippen molar-refractivity contribution in [2.45, 2.75) is 52.6 Å². The Hall–Kier alpha value is -0.300. The lowest BCUT2D eigenvalue weighted by molar-refractivity contribution is -0.00615. The van der Waals surface area contributed by atoms with Crippen molar-refractivity contribution in [1.29, 1.82) is 0 Å². The minimum absolute atomic E-state index is 0.395. The zero-order chi connectivity index (χ0) is 11.9. The van der Waals surface area contributed by atoms with Gasteiger partial charge in [-0.15, -0.1) is 0 Å². The van der Waals surface area contributed by atoms with Crippen LogP contribution >= 0.6 is 0 Å². The fraction of sp³-hybridized carbons (Fsp3) is 0.867. The predicted molar refractivity (Wildman–Crippen MR) is 68.1 cm³/mol. The van der Waals surface area contributed by atoms with Crippen molar-refractivity contribution >= 4 is 0 Å². The molecule has 1 saturated carbocycles. The molecule has 5 unspecified atom stereocenters. The van der Waals surface area contributed by atoms with Crippen molar-refractivity contribution in [2.24, 2.45) is 29.6 Å². The van der Waals surface area contributed by atoms with Gasteiger partial charge in [0.1, 0.15) is 0 Å². The molecule has 0 spiro atoms. The summed E-state index contributed by atoms with van der Waals surface area (Å²) in [6.07, 6.45) is 8.05. The summed E-state index contributed by atoms with van der Waals surface area (Å²) in [7, 11) is 0. The molecule has 0 amide bonds. The summed E-state index contributed by atoms with van der Waals surface area (Å²) >= 11 is 0. The number of hydrogen-bond acceptors (Lipinski definition) is 1. The molecule has 0 aliphatic heterocycles. The van der Waals surface area contributed by atoms with Crippen LogP contribution < -0.4 is 0 Å². The minimum Gasteiger partial charge on any atom is -0.390 e. The van der Waals surface area contributed by atoms with E-state index in [2.05, 4.69) is 32.9 Å². The van der Waals surface area contributed by atoms with Gasteiger partial charge in [-0.25, -0.2) is 0 Å². The van der Waals surface area contributed by atoms with E-state index in [0.717, 1.165) is 18.3 Å². The highest BCUT2D eigenvalue weighted by Gasteiger charge is 2.44. The average molecular weight is 222 g/mol. The van der Waals surface area contributed by atoms with E-state index in [9.17, 15) is 5.11 Å². The molecule has 0 aromatic rings. The first-order chi connectivity index (χ1) is 7.42. The molecule has 5 atom stereocenters. The third-order valence-corrected chi connectivity index (χ3v) is 5.02. The summed E-state index contributed by atoms with van der Waals surface area (Å²) in [4.78, 5) is 0. The van der Waals surface area contributed by atoms with Crippen LogP contribution in [0.3, 0.4) is 0 Å². The Morgan fingerprint density at radius 1 is 1.31 bits per heavy atom. The SMILES string of the molecule is CC(C)C1CCC(C)(O)C2C=CC(C)C2C1. The number of fused-ring (bicyclic) bond motifs is 1. The normalized spacial score (nSPS) is 48.1. The number of allylic oxidation sites excluding steroid dienone is 1. The molecule has 2 aliphatic carbocycles. The molecule has 0 saturated heterocycles. The van der Waals surface area contributed by atoms with Gasteiger partial charge >= 0.3 is 0 Å². The molecule has 92 valence electrons. The maximum absolute atomic E-state index is 10.6. The maximum atomic E-state index is 10.6. The lowest BCUT2D eigenvalue weighted by Gasteiger charge is -2.32. The highest BCUT2D eigenvalue weighted by Crippen LogP contribution is 2.47. The maximum Gasteiger partial charge on any atom is 0.0685 e. The van der Waals surface area contributed by atoms with Crippen LogP contribution in [0.25, 0.3) is 0 Å². The van der Waals surface area contributed by atoms with Crippen LogP contribution in [-0.4, -0.2) is 10.7 Å². The second kappa shape index (κ2) is 4.18. The second-order valence-electron chi connectivity index (χ2n) is 6.57. The van der Waals surface area contributed by atoms with Crippen LogP contribution in [0.4, 0.5) is 0 Å². The standard InChI is InChI=1S/C15H26O/c1-10(2)12-7-8-15(4,16)14-6-5-11(3)13(14)9-12/h5-6,10-14,16H,7-9H2,1-4H3. The molecule has 0 heterocycles. The molecule has 1 nitrogen and oxygen atoms in total. The van der Waals surface area contributed by atoms with Crippen molar-refractivity contribution in [3.05, 3.63) is 12.2 Å². The van der Waals surface area contributed by atoms with Gasteiger partial charge in [-0.05, 0) is 49.9 Å². The summed E-state index contributed by atoms with van der Waals surface area (Å²) in [5, 5.41) is 10.6. The van der Waals surface area contributed by atoms with E-state index >= 15 is 0 Å². The Balaban J connectivity index is 2.21. The Morgan fingerprint density at radius 2 is 2.00 bits per heavy atom. The molecule has 0 aromatic carbocycles. The van der Waals surface area contributed by atoms with Crippen molar-refractivity contribution in [2.75, 3.05) is 0 Å². The molecule has 2 rings (SSSR count). The first-order valence-electron chi connectivity index (χ1n) is 6.82. The first-order valence-corrected chi connectivity index (χ1v) is 6.82. The largest absolute Gasteiger partial charge is 0.390 e. The smallest absolute Gasteiger partial charge is 0.0685 e. The molecule has 1 fully saturated rings. The van der Waals surface area contributed by atoms with Crippen LogP contribution in [0.2, 0.25) is 0 Å². The lowest BCUT2D eigenvalue weighted by Crippen LogP contribution is -2.36. The third kappa shape index (κ3) is 2.07. The van der Waals surface area contributed by atoms with E-state index in [1.54, 1.807) is 0 Å². The Morgan fingerprint density at radius 3 is 2.62 bits per heavy atom.